The van der Waals surface area contributed by atoms with Crippen LogP contribution in [0.25, 0.3) is 0 Å². The highest BCUT2D eigenvalue weighted by Gasteiger charge is 2.34. The van der Waals surface area contributed by atoms with E-state index in [9.17, 15) is 19.5 Å². The maximum Gasteiger partial charge on any atom is 0.405 e. The fourth-order valence-corrected chi connectivity index (χ4v) is 6.26. The van der Waals surface area contributed by atoms with Crippen LogP contribution in [-0.2, 0) is 28.6 Å². The summed E-state index contributed by atoms with van der Waals surface area (Å²) < 4.78 is 16.8. The van der Waals surface area contributed by atoms with Crippen molar-refractivity contribution in [1.82, 2.24) is 10.6 Å². The molecule has 2 aliphatic carbocycles. The number of nitrogens with two attached hydrogens (primary N) is 1. The van der Waals surface area contributed by atoms with E-state index >= 15 is 0 Å². The third-order valence-corrected chi connectivity index (χ3v) is 8.87. The lowest BCUT2D eigenvalue weighted by molar-refractivity contribution is -0.119. The van der Waals surface area contributed by atoms with Crippen LogP contribution in [0.5, 0.6) is 0 Å². The van der Waals surface area contributed by atoms with Crippen LogP contribution < -0.4 is 16.4 Å². The molecular formula is C36H52N4O8. The number of carbonyl (C=O) groups excluding carboxylic acids is 3. The molecule has 12 nitrogen and oxygen atoms in total. The number of fused-ring (bicyclic) bond motifs is 2. The van der Waals surface area contributed by atoms with Crippen molar-refractivity contribution in [3.63, 3.8) is 0 Å². The van der Waals surface area contributed by atoms with Crippen molar-refractivity contribution in [2.75, 3.05) is 20.8 Å². The third-order valence-electron chi connectivity index (χ3n) is 8.87. The maximum absolute atomic E-state index is 14.2. The van der Waals surface area contributed by atoms with E-state index in [0.717, 1.165) is 25.7 Å². The van der Waals surface area contributed by atoms with Gasteiger partial charge in [-0.25, -0.2) is 4.79 Å². The number of allylic oxidation sites excluding steroid dienone is 4. The van der Waals surface area contributed by atoms with Gasteiger partial charge in [0.15, 0.2) is 6.10 Å². The quantitative estimate of drug-likeness (QED) is 0.128. The van der Waals surface area contributed by atoms with E-state index in [1.165, 1.54) is 20.3 Å². The Morgan fingerprint density at radius 3 is 2.52 bits per heavy atom. The number of rotatable bonds is 8. The van der Waals surface area contributed by atoms with Crippen LogP contribution in [0.4, 0.5) is 4.79 Å². The van der Waals surface area contributed by atoms with Crippen LogP contribution in [0.3, 0.4) is 0 Å². The molecule has 0 aromatic carbocycles. The largest absolute Gasteiger partial charge is 0.439 e. The van der Waals surface area contributed by atoms with Gasteiger partial charge in [-0.1, -0.05) is 68.8 Å². The van der Waals surface area contributed by atoms with Crippen LogP contribution in [0.15, 0.2) is 76.3 Å². The Morgan fingerprint density at radius 1 is 1.19 bits per heavy atom. The van der Waals surface area contributed by atoms with E-state index in [4.69, 9.17) is 24.8 Å². The summed E-state index contributed by atoms with van der Waals surface area (Å²) in [6, 6.07) is 0.168. The van der Waals surface area contributed by atoms with Crippen molar-refractivity contribution in [3.8, 4) is 0 Å². The highest BCUT2D eigenvalue weighted by molar-refractivity contribution is 6.25. The number of nitrogens with one attached hydrogen (secondary N) is 2. The van der Waals surface area contributed by atoms with Crippen molar-refractivity contribution in [2.24, 2.45) is 22.7 Å². The molecule has 48 heavy (non-hydrogen) atoms. The van der Waals surface area contributed by atoms with Gasteiger partial charge in [0.2, 0.25) is 5.78 Å². The summed E-state index contributed by atoms with van der Waals surface area (Å²) in [6.45, 7) is 11.1. The lowest BCUT2D eigenvalue weighted by Gasteiger charge is -2.30. The number of ketones is 1. The lowest BCUT2D eigenvalue weighted by atomic mass is 9.84. The number of methoxy groups -OCH3 is 2. The van der Waals surface area contributed by atoms with Crippen LogP contribution in [0.1, 0.15) is 66.2 Å². The summed E-state index contributed by atoms with van der Waals surface area (Å²) in [7, 11) is 2.99. The predicted octanol–water partition coefficient (Wildman–Crippen LogP) is 4.28. The monoisotopic (exact) mass is 668 g/mol. The SMILES string of the molecule is C=CCON=C1C=C2NC(=O)/C(C)=C/C=C\[C@H](OC)[C@@H](OC(N)=O)/C(C)=C/[C@H](C)[C@@H](O)[C@@H](OC)C[C@H](C)CC(=C1NC1CCCC1)C2=O. The van der Waals surface area contributed by atoms with Crippen molar-refractivity contribution >= 4 is 23.5 Å². The minimum Gasteiger partial charge on any atom is -0.439 e. The van der Waals surface area contributed by atoms with Crippen molar-refractivity contribution < 1.29 is 38.5 Å². The first-order chi connectivity index (χ1) is 22.9. The Bertz CT molecular complexity index is 1370. The van der Waals surface area contributed by atoms with Gasteiger partial charge in [-0.05, 0) is 57.1 Å². The fourth-order valence-electron chi connectivity index (χ4n) is 6.26. The Kier molecular flexibility index (Phi) is 14.8. The zero-order valence-corrected chi connectivity index (χ0v) is 29.0. The molecule has 1 heterocycles. The Labute approximate surface area is 283 Å². The van der Waals surface area contributed by atoms with Gasteiger partial charge in [0.25, 0.3) is 5.91 Å². The van der Waals surface area contributed by atoms with E-state index < -0.39 is 42.3 Å². The predicted molar refractivity (Wildman–Crippen MR) is 184 cm³/mol. The first kappa shape index (κ1) is 38.4. The molecule has 1 aliphatic heterocycles. The zero-order valence-electron chi connectivity index (χ0n) is 29.0. The normalized spacial score (nSPS) is 32.0. The van der Waals surface area contributed by atoms with Gasteiger partial charge < -0.3 is 40.5 Å². The number of hydrogen-bond donors (Lipinski definition) is 4. The van der Waals surface area contributed by atoms with Gasteiger partial charge in [-0.2, -0.15) is 0 Å². The topological polar surface area (TPSA) is 171 Å². The van der Waals surface area contributed by atoms with E-state index in [-0.39, 0.29) is 30.0 Å². The molecule has 0 radical (unpaired) electrons. The molecule has 2 amide bonds. The van der Waals surface area contributed by atoms with Gasteiger partial charge >= 0.3 is 6.09 Å². The Morgan fingerprint density at radius 2 is 1.90 bits per heavy atom. The van der Waals surface area contributed by atoms with Gasteiger partial charge in [0.1, 0.15) is 18.4 Å². The van der Waals surface area contributed by atoms with Gasteiger partial charge in [0.05, 0.1) is 23.6 Å². The lowest BCUT2D eigenvalue weighted by Crippen LogP contribution is -2.39. The van der Waals surface area contributed by atoms with Crippen LogP contribution in [-0.4, -0.2) is 79.9 Å². The number of nitrogens with zero attached hydrogens (tertiary/aromatic N) is 1. The van der Waals surface area contributed by atoms with E-state index in [0.29, 0.717) is 41.0 Å². The summed E-state index contributed by atoms with van der Waals surface area (Å²) in [5.74, 6) is -1.37. The second-order valence-corrected chi connectivity index (χ2v) is 12.8. The van der Waals surface area contributed by atoms with Gasteiger partial charge in [0, 0.05) is 37.3 Å². The third kappa shape index (κ3) is 10.5. The summed E-state index contributed by atoms with van der Waals surface area (Å²) in [5.41, 5.74) is 7.83. The number of amides is 2. The van der Waals surface area contributed by atoms with Gasteiger partial charge in [-0.15, -0.1) is 0 Å². The van der Waals surface area contributed by atoms with Crippen molar-refractivity contribution in [2.45, 2.75) is 96.7 Å². The summed E-state index contributed by atoms with van der Waals surface area (Å²) in [4.78, 5) is 44.8. The Hall–Kier alpha value is -4.00. The number of primary amides is 1. The second kappa shape index (κ2) is 18.5. The van der Waals surface area contributed by atoms with Crippen molar-refractivity contribution in [1.29, 1.82) is 0 Å². The highest BCUT2D eigenvalue weighted by Crippen LogP contribution is 2.30. The second-order valence-electron chi connectivity index (χ2n) is 12.8. The first-order valence-corrected chi connectivity index (χ1v) is 16.5. The number of ether oxygens (including phenoxy) is 3. The van der Waals surface area contributed by atoms with E-state index in [1.54, 1.807) is 44.2 Å². The average molecular weight is 669 g/mol. The molecule has 1 fully saturated rings. The smallest absolute Gasteiger partial charge is 0.405 e. The van der Waals surface area contributed by atoms with Crippen LogP contribution in [0.2, 0.25) is 0 Å². The van der Waals surface area contributed by atoms with Crippen molar-refractivity contribution in [3.05, 3.63) is 71.1 Å². The molecule has 0 spiro atoms. The van der Waals surface area contributed by atoms with E-state index in [2.05, 4.69) is 22.4 Å². The number of aliphatic hydroxyl groups is 1. The van der Waals surface area contributed by atoms with E-state index in [1.807, 2.05) is 13.8 Å². The molecule has 12 heteroatoms. The molecule has 1 saturated carbocycles. The van der Waals surface area contributed by atoms with Gasteiger partial charge in [-0.3, -0.25) is 9.59 Å². The molecule has 3 rings (SSSR count). The molecular weight excluding hydrogens is 616 g/mol. The summed E-state index contributed by atoms with van der Waals surface area (Å²) in [6.07, 6.45) is 10.4. The number of oxime groups is 1. The standard InChI is InChI=1S/C36H52N4O8/c1-8-16-47-40-27-20-28-33(42)26(31(27)38-25-13-9-10-14-25)17-21(2)18-30(46-7)32(41)23(4)19-24(5)34(48-36(37)44)29(45-6)15-11-12-22(3)35(43)39-28/h8,11-12,15,19-21,23,25,29-30,32,34,38,41H,1,9-10,13-14,16-18H2,2-7H3,(H2,37,44)(H,39,43)/b15-11-,22-12+,24-19+,40-27?/t21-,23+,29+,30+,32-,34+/m1/s1. The van der Waals surface area contributed by atoms with Crippen LogP contribution in [0, 0.1) is 11.8 Å². The molecule has 3 aliphatic rings. The first-order valence-electron chi connectivity index (χ1n) is 16.5. The Balaban J connectivity index is 2.14. The summed E-state index contributed by atoms with van der Waals surface area (Å²) in [5, 5.41) is 22.1. The summed E-state index contributed by atoms with van der Waals surface area (Å²) >= 11 is 0. The zero-order chi connectivity index (χ0) is 35.4. The number of Topliss-reactive ketones (excluding diaryl/α,β-unsaturated/α-hetero) is 1. The number of carbonyl (C=O) groups is 3. The molecule has 2 bridgehead atoms. The average Bonchev–Trinajstić information content (AvgIpc) is 3.57. The molecule has 0 aromatic rings. The molecule has 0 aromatic heterocycles. The number of aliphatic hydroxyl groups excluding tert-OH is 1. The highest BCUT2D eigenvalue weighted by atomic mass is 16.6. The molecule has 264 valence electrons. The minimum absolute atomic E-state index is 0.0660. The molecule has 5 N–H and O–H groups in total. The van der Waals surface area contributed by atoms with Crippen LogP contribution >= 0.6 is 0 Å². The fraction of sp³-hybridized carbons (Fsp3) is 0.556. The molecule has 6 atom stereocenters. The molecule has 0 unspecified atom stereocenters. The minimum atomic E-state index is -0.984. The maximum atomic E-state index is 14.2. The molecule has 0 saturated heterocycles. The number of hydrogen-bond acceptors (Lipinski definition) is 10.